The van der Waals surface area contributed by atoms with Gasteiger partial charge in [-0.05, 0) is 31.0 Å². The van der Waals surface area contributed by atoms with Crippen LogP contribution in [0.4, 0.5) is 0 Å². The third-order valence-corrected chi connectivity index (χ3v) is 4.64. The highest BCUT2D eigenvalue weighted by Gasteiger charge is 2.37. The van der Waals surface area contributed by atoms with Crippen molar-refractivity contribution in [2.75, 3.05) is 6.61 Å². The normalized spacial score (nSPS) is 25.3. The van der Waals surface area contributed by atoms with Crippen molar-refractivity contribution in [1.29, 1.82) is 0 Å². The second kappa shape index (κ2) is 6.00. The molecule has 0 bridgehead atoms. The van der Waals surface area contributed by atoms with E-state index in [1.165, 1.54) is 6.42 Å². The quantitative estimate of drug-likeness (QED) is 0.887. The van der Waals surface area contributed by atoms with E-state index in [1.54, 1.807) is 0 Å². The van der Waals surface area contributed by atoms with Gasteiger partial charge >= 0.3 is 0 Å². The summed E-state index contributed by atoms with van der Waals surface area (Å²) in [6.45, 7) is 3.17. The summed E-state index contributed by atoms with van der Waals surface area (Å²) < 4.78 is 1.90. The number of benzene rings is 1. The summed E-state index contributed by atoms with van der Waals surface area (Å²) in [7, 11) is 0. The SMILES string of the molecule is CC1(CO)CCCC1NCc1ccn(-c2ccccc2)n1. The van der Waals surface area contributed by atoms with Crippen LogP contribution in [0.1, 0.15) is 31.9 Å². The van der Waals surface area contributed by atoms with Crippen LogP contribution in [0.15, 0.2) is 42.6 Å². The van der Waals surface area contributed by atoms with E-state index in [9.17, 15) is 5.11 Å². The molecule has 1 aromatic carbocycles. The van der Waals surface area contributed by atoms with E-state index < -0.39 is 0 Å². The average molecular weight is 285 g/mol. The van der Waals surface area contributed by atoms with Crippen molar-refractivity contribution >= 4 is 0 Å². The van der Waals surface area contributed by atoms with Gasteiger partial charge in [-0.25, -0.2) is 4.68 Å². The van der Waals surface area contributed by atoms with Crippen LogP contribution < -0.4 is 5.32 Å². The van der Waals surface area contributed by atoms with Crippen molar-refractivity contribution in [3.8, 4) is 5.69 Å². The molecule has 3 rings (SSSR count). The molecule has 1 saturated carbocycles. The number of aliphatic hydroxyl groups is 1. The Labute approximate surface area is 125 Å². The first-order valence-electron chi connectivity index (χ1n) is 7.65. The number of nitrogens with one attached hydrogen (secondary N) is 1. The second-order valence-electron chi connectivity index (χ2n) is 6.23. The minimum absolute atomic E-state index is 0.0159. The van der Waals surface area contributed by atoms with Crippen LogP contribution in [0.25, 0.3) is 5.69 Å². The topological polar surface area (TPSA) is 50.1 Å². The van der Waals surface area contributed by atoms with E-state index in [0.29, 0.717) is 6.04 Å². The molecule has 2 atom stereocenters. The highest BCUT2D eigenvalue weighted by Crippen LogP contribution is 2.37. The van der Waals surface area contributed by atoms with Gasteiger partial charge in [-0.1, -0.05) is 31.5 Å². The monoisotopic (exact) mass is 285 g/mol. The van der Waals surface area contributed by atoms with Gasteiger partial charge in [0.05, 0.1) is 11.4 Å². The van der Waals surface area contributed by atoms with E-state index in [-0.39, 0.29) is 12.0 Å². The summed E-state index contributed by atoms with van der Waals surface area (Å²) in [5, 5.41) is 17.8. The second-order valence-corrected chi connectivity index (χ2v) is 6.23. The Bertz CT molecular complexity index is 581. The summed E-state index contributed by atoms with van der Waals surface area (Å²) in [6, 6.07) is 12.6. The minimum Gasteiger partial charge on any atom is -0.396 e. The van der Waals surface area contributed by atoms with E-state index in [1.807, 2.05) is 47.3 Å². The zero-order valence-electron chi connectivity index (χ0n) is 12.5. The Balaban J connectivity index is 1.63. The van der Waals surface area contributed by atoms with Gasteiger partial charge < -0.3 is 10.4 Å². The van der Waals surface area contributed by atoms with Crippen molar-refractivity contribution in [2.45, 2.75) is 38.8 Å². The number of aromatic nitrogens is 2. The minimum atomic E-state index is 0.0159. The van der Waals surface area contributed by atoms with E-state index >= 15 is 0 Å². The van der Waals surface area contributed by atoms with Crippen LogP contribution in [0.5, 0.6) is 0 Å². The molecular formula is C17H23N3O. The Hall–Kier alpha value is -1.65. The van der Waals surface area contributed by atoms with Crippen molar-refractivity contribution < 1.29 is 5.11 Å². The Morgan fingerprint density at radius 2 is 2.14 bits per heavy atom. The van der Waals surface area contributed by atoms with E-state index in [2.05, 4.69) is 17.3 Å². The maximum Gasteiger partial charge on any atom is 0.0766 e. The lowest BCUT2D eigenvalue weighted by Crippen LogP contribution is -2.41. The van der Waals surface area contributed by atoms with Gasteiger partial charge in [-0.2, -0.15) is 5.10 Å². The molecule has 2 unspecified atom stereocenters. The molecule has 1 aliphatic carbocycles. The summed E-state index contributed by atoms with van der Waals surface area (Å²) >= 11 is 0. The van der Waals surface area contributed by atoms with Crippen LogP contribution in [0.3, 0.4) is 0 Å². The molecule has 2 N–H and O–H groups in total. The lowest BCUT2D eigenvalue weighted by atomic mass is 9.86. The molecule has 0 saturated heterocycles. The number of hydrogen-bond donors (Lipinski definition) is 2. The van der Waals surface area contributed by atoms with Crippen LogP contribution >= 0.6 is 0 Å². The number of aliphatic hydroxyl groups excluding tert-OH is 1. The molecule has 4 heteroatoms. The molecule has 1 heterocycles. The van der Waals surface area contributed by atoms with Gasteiger partial charge in [0.1, 0.15) is 0 Å². The van der Waals surface area contributed by atoms with E-state index in [4.69, 9.17) is 0 Å². The standard InChI is InChI=1S/C17H23N3O/c1-17(13-21)10-5-8-16(17)18-12-14-9-11-20(19-14)15-6-3-2-4-7-15/h2-4,6-7,9,11,16,18,21H,5,8,10,12-13H2,1H3. The molecule has 0 spiro atoms. The highest BCUT2D eigenvalue weighted by molar-refractivity contribution is 5.30. The van der Waals surface area contributed by atoms with Crippen molar-refractivity contribution in [1.82, 2.24) is 15.1 Å². The molecule has 2 aromatic rings. The van der Waals surface area contributed by atoms with Gasteiger partial charge in [-0.15, -0.1) is 0 Å². The fraction of sp³-hybridized carbons (Fsp3) is 0.471. The van der Waals surface area contributed by atoms with Gasteiger partial charge in [-0.3, -0.25) is 0 Å². The maximum absolute atomic E-state index is 9.59. The average Bonchev–Trinajstić information content (AvgIpc) is 3.13. The Morgan fingerprint density at radius 1 is 1.33 bits per heavy atom. The molecule has 1 fully saturated rings. The van der Waals surface area contributed by atoms with Crippen molar-refractivity contribution in [2.24, 2.45) is 5.41 Å². The molecule has 1 aromatic heterocycles. The Morgan fingerprint density at radius 3 is 2.90 bits per heavy atom. The third-order valence-electron chi connectivity index (χ3n) is 4.64. The first kappa shape index (κ1) is 14.3. The van der Waals surface area contributed by atoms with Gasteiger partial charge in [0, 0.05) is 30.8 Å². The smallest absolute Gasteiger partial charge is 0.0766 e. The Kier molecular flexibility index (Phi) is 4.08. The summed E-state index contributed by atoms with van der Waals surface area (Å²) in [6.07, 6.45) is 5.41. The lowest BCUT2D eigenvalue weighted by Gasteiger charge is -2.30. The number of para-hydroxylation sites is 1. The van der Waals surface area contributed by atoms with Crippen molar-refractivity contribution in [3.05, 3.63) is 48.3 Å². The van der Waals surface area contributed by atoms with Crippen LogP contribution in [-0.4, -0.2) is 27.5 Å². The molecule has 0 aliphatic heterocycles. The first-order valence-corrected chi connectivity index (χ1v) is 7.65. The number of hydrogen-bond acceptors (Lipinski definition) is 3. The maximum atomic E-state index is 9.59. The molecule has 0 radical (unpaired) electrons. The first-order chi connectivity index (χ1) is 10.2. The van der Waals surface area contributed by atoms with Crippen LogP contribution in [-0.2, 0) is 6.54 Å². The summed E-state index contributed by atoms with van der Waals surface area (Å²) in [5.41, 5.74) is 2.12. The van der Waals surface area contributed by atoms with E-state index in [0.717, 1.165) is 30.8 Å². The summed E-state index contributed by atoms with van der Waals surface area (Å²) in [4.78, 5) is 0. The largest absolute Gasteiger partial charge is 0.396 e. The lowest BCUT2D eigenvalue weighted by molar-refractivity contribution is 0.118. The zero-order valence-corrected chi connectivity index (χ0v) is 12.5. The van der Waals surface area contributed by atoms with Gasteiger partial charge in [0.2, 0.25) is 0 Å². The number of rotatable bonds is 5. The molecule has 1 aliphatic rings. The molecule has 0 amide bonds. The molecular weight excluding hydrogens is 262 g/mol. The fourth-order valence-corrected chi connectivity index (χ4v) is 3.18. The predicted molar refractivity (Wildman–Crippen MR) is 83.2 cm³/mol. The molecule has 4 nitrogen and oxygen atoms in total. The third kappa shape index (κ3) is 3.01. The highest BCUT2D eigenvalue weighted by atomic mass is 16.3. The zero-order chi connectivity index (χ0) is 14.7. The predicted octanol–water partition coefficient (Wildman–Crippen LogP) is 2.51. The fourth-order valence-electron chi connectivity index (χ4n) is 3.18. The van der Waals surface area contributed by atoms with Gasteiger partial charge in [0.15, 0.2) is 0 Å². The molecule has 112 valence electrons. The van der Waals surface area contributed by atoms with Crippen LogP contribution in [0, 0.1) is 5.41 Å². The van der Waals surface area contributed by atoms with Crippen molar-refractivity contribution in [3.63, 3.8) is 0 Å². The number of nitrogens with zero attached hydrogens (tertiary/aromatic N) is 2. The summed E-state index contributed by atoms with van der Waals surface area (Å²) in [5.74, 6) is 0. The van der Waals surface area contributed by atoms with Gasteiger partial charge in [0.25, 0.3) is 0 Å². The molecule has 21 heavy (non-hydrogen) atoms. The van der Waals surface area contributed by atoms with Crippen LogP contribution in [0.2, 0.25) is 0 Å².